The van der Waals surface area contributed by atoms with E-state index in [-0.39, 0.29) is 17.0 Å². The van der Waals surface area contributed by atoms with Gasteiger partial charge in [0.15, 0.2) is 0 Å². The molecule has 0 atom stereocenters. The molecule has 4 nitrogen and oxygen atoms in total. The number of rotatable bonds is 4. The maximum atomic E-state index is 13.8. The van der Waals surface area contributed by atoms with Crippen molar-refractivity contribution in [2.24, 2.45) is 0 Å². The van der Waals surface area contributed by atoms with Gasteiger partial charge in [-0.25, -0.2) is 9.29 Å². The normalized spacial score (nSPS) is 13.9. The van der Waals surface area contributed by atoms with Gasteiger partial charge < -0.3 is 5.32 Å². The highest BCUT2D eigenvalue weighted by Crippen LogP contribution is 2.35. The molecule has 0 radical (unpaired) electrons. The summed E-state index contributed by atoms with van der Waals surface area (Å²) in [7, 11) is 0. The van der Waals surface area contributed by atoms with E-state index in [1.54, 1.807) is 18.2 Å². The second kappa shape index (κ2) is 8.00. The number of hydrogen-bond acceptors (Lipinski definition) is 3. The van der Waals surface area contributed by atoms with Gasteiger partial charge in [-0.05, 0) is 79.4 Å². The molecule has 156 valence electrons. The van der Waals surface area contributed by atoms with Crippen molar-refractivity contribution in [2.45, 2.75) is 20.8 Å². The van der Waals surface area contributed by atoms with E-state index in [1.807, 2.05) is 39.0 Å². The summed E-state index contributed by atoms with van der Waals surface area (Å²) in [6.45, 7) is 5.78. The van der Waals surface area contributed by atoms with E-state index >= 15 is 0 Å². The molecule has 0 saturated carbocycles. The van der Waals surface area contributed by atoms with Crippen LogP contribution in [0.5, 0.6) is 0 Å². The van der Waals surface area contributed by atoms with Crippen molar-refractivity contribution >= 4 is 40.4 Å². The monoisotopic (exact) mass is 434 g/mol. The number of hydrogen-bond donors (Lipinski definition) is 1. The standard InChI is InChI=1S/C25H20ClFN2O2/c1-14-7-8-17(11-15(14)2)22-23(28-21-10-9-18(26)12-16(21)3)25(31)29(24(22)30)20-6-4-5-19(27)13-20/h4-13,28H,1-3H3. The Hall–Kier alpha value is -3.44. The lowest BCUT2D eigenvalue weighted by Gasteiger charge is -2.16. The van der Waals surface area contributed by atoms with Crippen LogP contribution in [0.25, 0.3) is 5.57 Å². The molecular formula is C25H20ClFN2O2. The molecule has 0 aliphatic carbocycles. The molecule has 3 aromatic carbocycles. The predicted molar refractivity (Wildman–Crippen MR) is 122 cm³/mol. The Morgan fingerprint density at radius 3 is 2.29 bits per heavy atom. The number of aryl methyl sites for hydroxylation is 3. The molecule has 0 fully saturated rings. The van der Waals surface area contributed by atoms with Crippen LogP contribution in [0.4, 0.5) is 15.8 Å². The van der Waals surface area contributed by atoms with Gasteiger partial charge in [-0.3, -0.25) is 9.59 Å². The SMILES string of the molecule is Cc1ccc(C2=C(Nc3ccc(Cl)cc3C)C(=O)N(c3cccc(F)c3)C2=O)cc1C. The summed E-state index contributed by atoms with van der Waals surface area (Å²) in [6.07, 6.45) is 0. The average Bonchev–Trinajstić information content (AvgIpc) is 2.96. The molecule has 4 rings (SSSR count). The van der Waals surface area contributed by atoms with Gasteiger partial charge in [0.2, 0.25) is 0 Å². The second-order valence-corrected chi connectivity index (χ2v) is 8.00. The number of halogens is 2. The highest BCUT2D eigenvalue weighted by molar-refractivity contribution is 6.46. The highest BCUT2D eigenvalue weighted by Gasteiger charge is 2.40. The molecule has 0 unspecified atom stereocenters. The van der Waals surface area contributed by atoms with Crippen molar-refractivity contribution in [2.75, 3.05) is 10.2 Å². The van der Waals surface area contributed by atoms with Crippen LogP contribution in [0.3, 0.4) is 0 Å². The Morgan fingerprint density at radius 1 is 0.839 bits per heavy atom. The first-order chi connectivity index (χ1) is 14.8. The largest absolute Gasteiger partial charge is 0.350 e. The Balaban J connectivity index is 1.87. The number of nitrogens with one attached hydrogen (secondary N) is 1. The van der Waals surface area contributed by atoms with Gasteiger partial charge in [0.25, 0.3) is 11.8 Å². The summed E-state index contributed by atoms with van der Waals surface area (Å²) >= 11 is 6.06. The molecule has 3 aromatic rings. The number of carbonyl (C=O) groups is 2. The summed E-state index contributed by atoms with van der Waals surface area (Å²) in [4.78, 5) is 27.8. The minimum atomic E-state index is -0.543. The van der Waals surface area contributed by atoms with Crippen LogP contribution in [-0.4, -0.2) is 11.8 Å². The van der Waals surface area contributed by atoms with E-state index in [0.717, 1.165) is 21.6 Å². The van der Waals surface area contributed by atoms with Crippen molar-refractivity contribution in [1.82, 2.24) is 0 Å². The molecule has 1 aliphatic rings. The number of carbonyl (C=O) groups excluding carboxylic acids is 2. The summed E-state index contributed by atoms with van der Waals surface area (Å²) in [6, 6.07) is 16.3. The molecule has 1 aliphatic heterocycles. The van der Waals surface area contributed by atoms with Gasteiger partial charge in [0.05, 0.1) is 11.3 Å². The first kappa shape index (κ1) is 20.8. The van der Waals surface area contributed by atoms with Crippen LogP contribution >= 0.6 is 11.6 Å². The van der Waals surface area contributed by atoms with Gasteiger partial charge in [0, 0.05) is 10.7 Å². The van der Waals surface area contributed by atoms with Crippen LogP contribution in [0.1, 0.15) is 22.3 Å². The summed E-state index contributed by atoms with van der Waals surface area (Å²) in [5.41, 5.74) is 4.74. The third kappa shape index (κ3) is 3.84. The summed E-state index contributed by atoms with van der Waals surface area (Å²) < 4.78 is 13.8. The first-order valence-electron chi connectivity index (χ1n) is 9.75. The zero-order valence-corrected chi connectivity index (χ0v) is 18.0. The Bertz CT molecular complexity index is 1270. The third-order valence-electron chi connectivity index (χ3n) is 5.39. The van der Waals surface area contributed by atoms with Crippen LogP contribution in [0, 0.1) is 26.6 Å². The fourth-order valence-corrected chi connectivity index (χ4v) is 3.79. The Morgan fingerprint density at radius 2 is 1.61 bits per heavy atom. The molecule has 1 heterocycles. The third-order valence-corrected chi connectivity index (χ3v) is 5.63. The molecule has 6 heteroatoms. The van der Waals surface area contributed by atoms with Gasteiger partial charge >= 0.3 is 0 Å². The van der Waals surface area contributed by atoms with E-state index in [4.69, 9.17) is 11.6 Å². The van der Waals surface area contributed by atoms with E-state index in [9.17, 15) is 14.0 Å². The lowest BCUT2D eigenvalue weighted by Crippen LogP contribution is -2.32. The molecule has 2 amide bonds. The van der Waals surface area contributed by atoms with E-state index in [1.165, 1.54) is 24.3 Å². The van der Waals surface area contributed by atoms with E-state index in [0.29, 0.717) is 16.3 Å². The minimum Gasteiger partial charge on any atom is -0.350 e. The lowest BCUT2D eigenvalue weighted by atomic mass is 9.99. The summed E-state index contributed by atoms with van der Waals surface area (Å²) in [5, 5.41) is 3.70. The van der Waals surface area contributed by atoms with Gasteiger partial charge in [0.1, 0.15) is 11.5 Å². The molecule has 1 N–H and O–H groups in total. The molecule has 0 saturated heterocycles. The van der Waals surface area contributed by atoms with Gasteiger partial charge in [-0.2, -0.15) is 0 Å². The quantitative estimate of drug-likeness (QED) is 0.528. The molecule has 0 spiro atoms. The second-order valence-electron chi connectivity index (χ2n) is 7.56. The zero-order valence-electron chi connectivity index (χ0n) is 17.3. The topological polar surface area (TPSA) is 49.4 Å². The highest BCUT2D eigenvalue weighted by atomic mass is 35.5. The smallest absolute Gasteiger partial charge is 0.282 e. The van der Waals surface area contributed by atoms with Crippen LogP contribution in [0.15, 0.2) is 66.4 Å². The number of nitrogens with zero attached hydrogens (tertiary/aromatic N) is 1. The lowest BCUT2D eigenvalue weighted by molar-refractivity contribution is -0.120. The van der Waals surface area contributed by atoms with E-state index < -0.39 is 17.6 Å². The summed E-state index contributed by atoms with van der Waals surface area (Å²) in [5.74, 6) is -1.58. The number of imide groups is 1. The van der Waals surface area contributed by atoms with Crippen molar-refractivity contribution in [3.63, 3.8) is 0 Å². The van der Waals surface area contributed by atoms with Crippen molar-refractivity contribution in [3.8, 4) is 0 Å². The Labute approximate surface area is 185 Å². The zero-order chi connectivity index (χ0) is 22.3. The fourth-order valence-electron chi connectivity index (χ4n) is 3.56. The van der Waals surface area contributed by atoms with Crippen molar-refractivity contribution in [1.29, 1.82) is 0 Å². The maximum absolute atomic E-state index is 13.8. The van der Waals surface area contributed by atoms with Crippen LogP contribution in [-0.2, 0) is 9.59 Å². The Kier molecular flexibility index (Phi) is 5.38. The van der Waals surface area contributed by atoms with E-state index in [2.05, 4.69) is 5.32 Å². The number of anilines is 2. The molecule has 0 aromatic heterocycles. The minimum absolute atomic E-state index is 0.142. The van der Waals surface area contributed by atoms with Crippen LogP contribution < -0.4 is 10.2 Å². The molecule has 0 bridgehead atoms. The van der Waals surface area contributed by atoms with Gasteiger partial charge in [-0.15, -0.1) is 0 Å². The first-order valence-corrected chi connectivity index (χ1v) is 10.1. The molecular weight excluding hydrogens is 415 g/mol. The average molecular weight is 435 g/mol. The number of benzene rings is 3. The fraction of sp³-hybridized carbons (Fsp3) is 0.120. The maximum Gasteiger partial charge on any atom is 0.282 e. The van der Waals surface area contributed by atoms with Gasteiger partial charge in [-0.1, -0.05) is 35.9 Å². The van der Waals surface area contributed by atoms with Crippen molar-refractivity contribution in [3.05, 3.63) is 99.5 Å². The number of amides is 2. The van der Waals surface area contributed by atoms with Crippen molar-refractivity contribution < 1.29 is 14.0 Å². The predicted octanol–water partition coefficient (Wildman–Crippen LogP) is 5.80. The molecule has 31 heavy (non-hydrogen) atoms. The van der Waals surface area contributed by atoms with Crippen LogP contribution in [0.2, 0.25) is 5.02 Å².